The van der Waals surface area contributed by atoms with Gasteiger partial charge in [0.25, 0.3) is 0 Å². The highest BCUT2D eigenvalue weighted by Crippen LogP contribution is 2.18. The van der Waals surface area contributed by atoms with Crippen LogP contribution in [0, 0.1) is 0 Å². The van der Waals surface area contributed by atoms with E-state index in [-0.39, 0.29) is 11.6 Å². The summed E-state index contributed by atoms with van der Waals surface area (Å²) in [5.74, 6) is 0.241. The third-order valence-electron chi connectivity index (χ3n) is 2.61. The van der Waals surface area contributed by atoms with Crippen LogP contribution in [0.5, 0.6) is 0 Å². The van der Waals surface area contributed by atoms with Gasteiger partial charge in [-0.15, -0.1) is 0 Å². The van der Waals surface area contributed by atoms with Crippen LogP contribution >= 0.6 is 0 Å². The van der Waals surface area contributed by atoms with Crippen LogP contribution in [0.2, 0.25) is 0 Å². The van der Waals surface area contributed by atoms with Gasteiger partial charge in [-0.3, -0.25) is 9.52 Å². The van der Waals surface area contributed by atoms with Crippen molar-refractivity contribution in [2.75, 3.05) is 16.3 Å². The maximum absolute atomic E-state index is 11.3. The number of pyridine rings is 1. The van der Waals surface area contributed by atoms with Crippen LogP contribution in [-0.2, 0) is 10.0 Å². The lowest BCUT2D eigenvalue weighted by Crippen LogP contribution is -2.10. The summed E-state index contributed by atoms with van der Waals surface area (Å²) in [7, 11) is -3.33. The molecule has 1 aromatic carbocycles. The number of Topliss-reactive ketones (excluding diaryl/α,β-unsaturated/α-hetero) is 1. The molecule has 2 N–H and O–H groups in total. The molecule has 6 nitrogen and oxygen atoms in total. The Morgan fingerprint density at radius 2 is 1.90 bits per heavy atom. The highest BCUT2D eigenvalue weighted by Gasteiger charge is 2.04. The van der Waals surface area contributed by atoms with Crippen molar-refractivity contribution in [1.82, 2.24) is 4.98 Å². The summed E-state index contributed by atoms with van der Waals surface area (Å²) in [5, 5.41) is 3.10. The molecule has 0 unspecified atom stereocenters. The van der Waals surface area contributed by atoms with E-state index in [1.807, 2.05) is 6.07 Å². The van der Waals surface area contributed by atoms with Crippen LogP contribution in [0.25, 0.3) is 0 Å². The maximum atomic E-state index is 11.3. The Hall–Kier alpha value is -2.41. The van der Waals surface area contributed by atoms with Crippen molar-refractivity contribution >= 4 is 33.0 Å². The molecular formula is C14H15N3O3S. The van der Waals surface area contributed by atoms with Gasteiger partial charge in [0, 0.05) is 11.3 Å². The minimum absolute atomic E-state index is 0.00975. The average Bonchev–Trinajstić information content (AvgIpc) is 2.40. The van der Waals surface area contributed by atoms with Crippen LogP contribution < -0.4 is 10.0 Å². The minimum Gasteiger partial charge on any atom is -0.354 e. The zero-order valence-corrected chi connectivity index (χ0v) is 12.4. The number of benzene rings is 1. The second-order valence-electron chi connectivity index (χ2n) is 4.57. The number of sulfonamides is 1. The molecule has 0 amide bonds. The van der Waals surface area contributed by atoms with E-state index in [2.05, 4.69) is 15.0 Å². The first-order valence-corrected chi connectivity index (χ1v) is 8.04. The number of anilines is 3. The Balaban J connectivity index is 2.13. The Labute approximate surface area is 123 Å². The first kappa shape index (κ1) is 15.0. The smallest absolute Gasteiger partial charge is 0.230 e. The molecule has 0 aliphatic carbocycles. The quantitative estimate of drug-likeness (QED) is 0.828. The average molecular weight is 305 g/mol. The number of ketones is 1. The second-order valence-corrected chi connectivity index (χ2v) is 6.32. The van der Waals surface area contributed by atoms with Crippen LogP contribution in [-0.4, -0.2) is 25.4 Å². The third kappa shape index (κ3) is 4.57. The summed E-state index contributed by atoms with van der Waals surface area (Å²) in [4.78, 5) is 15.3. The van der Waals surface area contributed by atoms with Crippen molar-refractivity contribution in [3.63, 3.8) is 0 Å². The number of aromatic nitrogens is 1. The second kappa shape index (κ2) is 5.92. The Kier molecular flexibility index (Phi) is 4.23. The van der Waals surface area contributed by atoms with Gasteiger partial charge >= 0.3 is 0 Å². The van der Waals surface area contributed by atoms with Crippen molar-refractivity contribution in [2.45, 2.75) is 6.92 Å². The van der Waals surface area contributed by atoms with Gasteiger partial charge in [-0.25, -0.2) is 13.4 Å². The van der Waals surface area contributed by atoms with Gasteiger partial charge in [-0.2, -0.15) is 0 Å². The lowest BCUT2D eigenvalue weighted by atomic mass is 10.1. The summed E-state index contributed by atoms with van der Waals surface area (Å²) in [6.07, 6.45) is 2.57. The number of carbonyl (C=O) groups excluding carboxylic acids is 1. The van der Waals surface area contributed by atoms with Crippen LogP contribution in [0.15, 0.2) is 42.6 Å². The normalized spacial score (nSPS) is 11.0. The Morgan fingerprint density at radius 1 is 1.14 bits per heavy atom. The van der Waals surface area contributed by atoms with Gasteiger partial charge in [0.1, 0.15) is 5.82 Å². The Bertz CT molecular complexity index is 755. The molecule has 0 saturated carbocycles. The van der Waals surface area contributed by atoms with Gasteiger partial charge in [-0.1, -0.05) is 12.1 Å². The highest BCUT2D eigenvalue weighted by atomic mass is 32.2. The topological polar surface area (TPSA) is 88.2 Å². The molecule has 0 bridgehead atoms. The molecule has 0 aliphatic rings. The number of carbonyl (C=O) groups is 1. The molecule has 1 heterocycles. The van der Waals surface area contributed by atoms with E-state index in [0.29, 0.717) is 11.3 Å². The maximum Gasteiger partial charge on any atom is 0.230 e. The monoisotopic (exact) mass is 305 g/mol. The molecular weight excluding hydrogens is 290 g/mol. The van der Waals surface area contributed by atoms with Crippen LogP contribution in [0.3, 0.4) is 0 Å². The number of hydrogen-bond donors (Lipinski definition) is 2. The molecule has 7 heteroatoms. The van der Waals surface area contributed by atoms with Crippen molar-refractivity contribution in [3.05, 3.63) is 48.2 Å². The molecule has 0 radical (unpaired) electrons. The van der Waals surface area contributed by atoms with Crippen molar-refractivity contribution < 1.29 is 13.2 Å². The first-order chi connectivity index (χ1) is 9.83. The predicted octanol–water partition coefficient (Wildman–Crippen LogP) is 2.40. The zero-order valence-electron chi connectivity index (χ0n) is 11.6. The molecule has 0 aliphatic heterocycles. The Morgan fingerprint density at radius 3 is 2.48 bits per heavy atom. The van der Waals surface area contributed by atoms with Gasteiger partial charge in [0.15, 0.2) is 5.78 Å². The fourth-order valence-electron chi connectivity index (χ4n) is 1.70. The molecule has 0 fully saturated rings. The fourth-order valence-corrected chi connectivity index (χ4v) is 2.20. The number of hydrogen-bond acceptors (Lipinski definition) is 5. The molecule has 0 saturated heterocycles. The van der Waals surface area contributed by atoms with E-state index < -0.39 is 10.0 Å². The molecule has 110 valence electrons. The summed E-state index contributed by atoms with van der Waals surface area (Å²) in [5.41, 5.74) is 2.06. The van der Waals surface area contributed by atoms with Crippen molar-refractivity contribution in [3.8, 4) is 0 Å². The van der Waals surface area contributed by atoms with E-state index in [0.717, 1.165) is 11.9 Å². The van der Waals surface area contributed by atoms with E-state index in [1.54, 1.807) is 30.3 Å². The van der Waals surface area contributed by atoms with Gasteiger partial charge in [-0.05, 0) is 31.2 Å². The van der Waals surface area contributed by atoms with E-state index in [9.17, 15) is 13.2 Å². The molecule has 0 atom stereocenters. The molecule has 0 spiro atoms. The fraction of sp³-hybridized carbons (Fsp3) is 0.143. The van der Waals surface area contributed by atoms with Gasteiger partial charge < -0.3 is 5.32 Å². The number of rotatable bonds is 5. The van der Waals surface area contributed by atoms with Crippen molar-refractivity contribution in [1.29, 1.82) is 0 Å². The molecule has 2 rings (SSSR count). The van der Waals surface area contributed by atoms with Crippen molar-refractivity contribution in [2.24, 2.45) is 0 Å². The standard InChI is InChI=1S/C14H15N3O3S/c1-10(18)11-4-3-5-12(8-11)16-13-6-7-14(15-9-13)17-21(2,19)20/h3-9,16H,1-2H3,(H,15,17). The SMILES string of the molecule is CC(=O)c1cccc(Nc2ccc(NS(C)(=O)=O)nc2)c1. The number of nitrogens with zero attached hydrogens (tertiary/aromatic N) is 1. The lowest BCUT2D eigenvalue weighted by Gasteiger charge is -2.08. The lowest BCUT2D eigenvalue weighted by molar-refractivity contribution is 0.101. The number of nitrogens with one attached hydrogen (secondary N) is 2. The van der Waals surface area contributed by atoms with Crippen LogP contribution in [0.4, 0.5) is 17.2 Å². The summed E-state index contributed by atoms with van der Waals surface area (Å²) < 4.78 is 24.4. The summed E-state index contributed by atoms with van der Waals surface area (Å²) >= 11 is 0. The van der Waals surface area contributed by atoms with Crippen LogP contribution in [0.1, 0.15) is 17.3 Å². The van der Waals surface area contributed by atoms with Gasteiger partial charge in [0.05, 0.1) is 18.1 Å². The van der Waals surface area contributed by atoms with E-state index in [4.69, 9.17) is 0 Å². The third-order valence-corrected chi connectivity index (χ3v) is 3.19. The van der Waals surface area contributed by atoms with E-state index >= 15 is 0 Å². The zero-order chi connectivity index (χ0) is 15.5. The minimum atomic E-state index is -3.33. The molecule has 1 aromatic heterocycles. The van der Waals surface area contributed by atoms with E-state index in [1.165, 1.54) is 13.1 Å². The summed E-state index contributed by atoms with van der Waals surface area (Å²) in [6.45, 7) is 1.51. The molecule has 2 aromatic rings. The largest absolute Gasteiger partial charge is 0.354 e. The first-order valence-electron chi connectivity index (χ1n) is 6.15. The summed E-state index contributed by atoms with van der Waals surface area (Å²) in [6, 6.07) is 10.3. The molecule has 21 heavy (non-hydrogen) atoms. The van der Waals surface area contributed by atoms with Gasteiger partial charge in [0.2, 0.25) is 10.0 Å². The predicted molar refractivity (Wildman–Crippen MR) is 82.4 cm³/mol. The highest BCUT2D eigenvalue weighted by molar-refractivity contribution is 7.92.